The summed E-state index contributed by atoms with van der Waals surface area (Å²) in [6, 6.07) is 10.1. The van der Waals surface area contributed by atoms with E-state index in [0.29, 0.717) is 37.4 Å². The maximum atomic E-state index is 13.2. The average molecular weight is 429 g/mol. The lowest BCUT2D eigenvalue weighted by atomic mass is 10.1. The lowest BCUT2D eigenvalue weighted by molar-refractivity contribution is -0.136. The molecule has 4 rings (SSSR count). The Hall–Kier alpha value is -2.54. The molecule has 30 heavy (non-hydrogen) atoms. The Bertz CT molecular complexity index is 899. The van der Waals surface area contributed by atoms with Gasteiger partial charge in [-0.05, 0) is 48.4 Å². The van der Waals surface area contributed by atoms with Crippen LogP contribution in [0.15, 0.2) is 35.7 Å². The fourth-order valence-corrected chi connectivity index (χ4v) is 5.37. The van der Waals surface area contributed by atoms with Crippen LogP contribution in [0.5, 0.6) is 11.5 Å². The van der Waals surface area contributed by atoms with Crippen molar-refractivity contribution >= 4 is 23.2 Å². The zero-order valence-corrected chi connectivity index (χ0v) is 18.3. The summed E-state index contributed by atoms with van der Waals surface area (Å²) in [5, 5.41) is 2.06. The van der Waals surface area contributed by atoms with E-state index in [9.17, 15) is 9.59 Å². The van der Waals surface area contributed by atoms with Crippen LogP contribution in [0.25, 0.3) is 0 Å². The quantitative estimate of drug-likeness (QED) is 0.677. The Balaban J connectivity index is 1.36. The molecule has 0 N–H and O–H groups in total. The number of amides is 2. The third-order valence-electron chi connectivity index (χ3n) is 6.09. The molecule has 1 aromatic carbocycles. The summed E-state index contributed by atoms with van der Waals surface area (Å²) in [6.45, 7) is 1.91. The Kier molecular flexibility index (Phi) is 6.27. The van der Waals surface area contributed by atoms with E-state index >= 15 is 0 Å². The van der Waals surface area contributed by atoms with Crippen LogP contribution in [0.1, 0.15) is 35.7 Å². The van der Waals surface area contributed by atoms with Crippen molar-refractivity contribution in [3.8, 4) is 11.5 Å². The average Bonchev–Trinajstić information content (AvgIpc) is 3.51. The number of ether oxygens (including phenoxy) is 2. The standard InChI is InChI=1S/C23H28N2O4S/c1-28-19-8-7-16(13-20(19)29-2)9-11-24-15-17(14-22(24)26)23(27)25-10-3-5-18(25)21-6-4-12-30-21/h4,6-8,12-13,17-18H,3,5,9-11,14-15H2,1-2H3/t17-,18+/m1/s1. The first-order valence-corrected chi connectivity index (χ1v) is 11.3. The van der Waals surface area contributed by atoms with E-state index in [4.69, 9.17) is 9.47 Å². The number of hydrogen-bond acceptors (Lipinski definition) is 5. The molecule has 0 saturated carbocycles. The summed E-state index contributed by atoms with van der Waals surface area (Å²) >= 11 is 1.71. The smallest absolute Gasteiger partial charge is 0.228 e. The first-order chi connectivity index (χ1) is 14.6. The molecule has 160 valence electrons. The van der Waals surface area contributed by atoms with Crippen LogP contribution < -0.4 is 9.47 Å². The topological polar surface area (TPSA) is 59.1 Å². The highest BCUT2D eigenvalue weighted by Gasteiger charge is 2.40. The first-order valence-electron chi connectivity index (χ1n) is 10.4. The number of carbonyl (C=O) groups is 2. The van der Waals surface area contributed by atoms with Gasteiger partial charge in [-0.2, -0.15) is 0 Å². The molecule has 0 radical (unpaired) electrons. The summed E-state index contributed by atoms with van der Waals surface area (Å²) in [7, 11) is 3.23. The molecule has 2 atom stereocenters. The zero-order chi connectivity index (χ0) is 21.1. The lowest BCUT2D eigenvalue weighted by Crippen LogP contribution is -2.37. The summed E-state index contributed by atoms with van der Waals surface area (Å²) in [6.07, 6.45) is 3.07. The third-order valence-corrected chi connectivity index (χ3v) is 7.06. The molecule has 0 aliphatic carbocycles. The largest absolute Gasteiger partial charge is 0.493 e. The summed E-state index contributed by atoms with van der Waals surface area (Å²) < 4.78 is 10.6. The maximum Gasteiger partial charge on any atom is 0.228 e. The highest BCUT2D eigenvalue weighted by molar-refractivity contribution is 7.10. The van der Waals surface area contributed by atoms with Gasteiger partial charge in [-0.15, -0.1) is 11.3 Å². The van der Waals surface area contributed by atoms with Crippen molar-refractivity contribution in [1.29, 1.82) is 0 Å². The highest BCUT2D eigenvalue weighted by atomic mass is 32.1. The molecule has 2 aliphatic heterocycles. The van der Waals surface area contributed by atoms with Gasteiger partial charge in [0, 0.05) is 30.9 Å². The second kappa shape index (κ2) is 9.08. The number of likely N-dealkylation sites (tertiary alicyclic amines) is 2. The van der Waals surface area contributed by atoms with Gasteiger partial charge in [0.15, 0.2) is 11.5 Å². The normalized spacial score (nSPS) is 21.3. The molecule has 2 fully saturated rings. The third kappa shape index (κ3) is 4.17. The minimum atomic E-state index is -0.233. The Labute approximate surface area is 181 Å². The molecule has 3 heterocycles. The monoisotopic (exact) mass is 428 g/mol. The van der Waals surface area contributed by atoms with Gasteiger partial charge in [0.25, 0.3) is 0 Å². The van der Waals surface area contributed by atoms with Gasteiger partial charge in [-0.25, -0.2) is 0 Å². The van der Waals surface area contributed by atoms with E-state index < -0.39 is 0 Å². The Morgan fingerprint density at radius 3 is 2.77 bits per heavy atom. The van der Waals surface area contributed by atoms with E-state index in [1.165, 1.54) is 4.88 Å². The predicted octanol–water partition coefficient (Wildman–Crippen LogP) is 3.52. The minimum absolute atomic E-state index is 0.0701. The lowest BCUT2D eigenvalue weighted by Gasteiger charge is -2.26. The van der Waals surface area contributed by atoms with Crippen molar-refractivity contribution in [2.24, 2.45) is 5.92 Å². The van der Waals surface area contributed by atoms with E-state index in [1.54, 1.807) is 25.6 Å². The molecular formula is C23H28N2O4S. The predicted molar refractivity (Wildman–Crippen MR) is 116 cm³/mol. The van der Waals surface area contributed by atoms with E-state index in [2.05, 4.69) is 11.4 Å². The Morgan fingerprint density at radius 1 is 1.20 bits per heavy atom. The fraction of sp³-hybridized carbons (Fsp3) is 0.478. The summed E-state index contributed by atoms with van der Waals surface area (Å²) in [5.41, 5.74) is 1.08. The van der Waals surface area contributed by atoms with E-state index in [-0.39, 0.29) is 23.8 Å². The van der Waals surface area contributed by atoms with Gasteiger partial charge in [0.05, 0.1) is 26.2 Å². The first kappa shape index (κ1) is 20.7. The SMILES string of the molecule is COc1ccc(CCN2C[C@H](C(=O)N3CCC[C@H]3c3cccs3)CC2=O)cc1OC. The van der Waals surface area contributed by atoms with Gasteiger partial charge in [-0.1, -0.05) is 12.1 Å². The number of carbonyl (C=O) groups excluding carboxylic acids is 2. The van der Waals surface area contributed by atoms with Crippen molar-refractivity contribution in [3.05, 3.63) is 46.2 Å². The maximum absolute atomic E-state index is 13.2. The number of methoxy groups -OCH3 is 2. The molecular weight excluding hydrogens is 400 g/mol. The molecule has 0 unspecified atom stereocenters. The number of nitrogens with zero attached hydrogens (tertiary/aromatic N) is 2. The zero-order valence-electron chi connectivity index (χ0n) is 17.5. The summed E-state index contributed by atoms with van der Waals surface area (Å²) in [5.74, 6) is 1.34. The molecule has 2 aromatic rings. The van der Waals surface area contributed by atoms with Gasteiger partial charge in [0.2, 0.25) is 11.8 Å². The van der Waals surface area contributed by atoms with Crippen LogP contribution >= 0.6 is 11.3 Å². The molecule has 7 heteroatoms. The number of thiophene rings is 1. The van der Waals surface area contributed by atoms with Crippen LogP contribution in [0, 0.1) is 5.92 Å². The molecule has 2 amide bonds. The molecule has 0 bridgehead atoms. The van der Waals surface area contributed by atoms with Crippen molar-refractivity contribution in [3.63, 3.8) is 0 Å². The van der Waals surface area contributed by atoms with Crippen LogP contribution in [-0.4, -0.2) is 55.5 Å². The van der Waals surface area contributed by atoms with Crippen molar-refractivity contribution in [1.82, 2.24) is 9.80 Å². The highest BCUT2D eigenvalue weighted by Crippen LogP contribution is 2.36. The molecule has 0 spiro atoms. The van der Waals surface area contributed by atoms with E-state index in [0.717, 1.165) is 24.9 Å². The van der Waals surface area contributed by atoms with Crippen molar-refractivity contribution in [2.45, 2.75) is 31.7 Å². The minimum Gasteiger partial charge on any atom is -0.493 e. The van der Waals surface area contributed by atoms with Crippen LogP contribution in [0.3, 0.4) is 0 Å². The molecule has 2 saturated heterocycles. The second-order valence-corrected chi connectivity index (χ2v) is 8.86. The number of hydrogen-bond donors (Lipinski definition) is 0. The van der Waals surface area contributed by atoms with Crippen LogP contribution in [0.4, 0.5) is 0 Å². The molecule has 1 aromatic heterocycles. The fourth-order valence-electron chi connectivity index (χ4n) is 4.50. The van der Waals surface area contributed by atoms with Crippen molar-refractivity contribution < 1.29 is 19.1 Å². The van der Waals surface area contributed by atoms with Crippen LogP contribution in [0.2, 0.25) is 0 Å². The second-order valence-electron chi connectivity index (χ2n) is 7.89. The summed E-state index contributed by atoms with van der Waals surface area (Å²) in [4.78, 5) is 30.8. The molecule has 2 aliphatic rings. The van der Waals surface area contributed by atoms with Gasteiger partial charge >= 0.3 is 0 Å². The Morgan fingerprint density at radius 2 is 2.03 bits per heavy atom. The van der Waals surface area contributed by atoms with Crippen LogP contribution in [-0.2, 0) is 16.0 Å². The van der Waals surface area contributed by atoms with Crippen molar-refractivity contribution in [2.75, 3.05) is 33.9 Å². The van der Waals surface area contributed by atoms with E-state index in [1.807, 2.05) is 34.1 Å². The number of benzene rings is 1. The van der Waals surface area contributed by atoms with Gasteiger partial charge in [0.1, 0.15) is 0 Å². The molecule has 6 nitrogen and oxygen atoms in total. The number of rotatable bonds is 7. The van der Waals surface area contributed by atoms with Gasteiger partial charge < -0.3 is 19.3 Å². The van der Waals surface area contributed by atoms with Gasteiger partial charge in [-0.3, -0.25) is 9.59 Å².